The molecule has 3 N–H and O–H groups in total. The molecule has 1 heterocycles. The minimum Gasteiger partial charge on any atom is -0.386 e. The van der Waals surface area contributed by atoms with Gasteiger partial charge in [0.1, 0.15) is 0 Å². The summed E-state index contributed by atoms with van der Waals surface area (Å²) in [5.74, 6) is -0.482. The number of rotatable bonds is 6. The quantitative estimate of drug-likeness (QED) is 0.729. The predicted molar refractivity (Wildman–Crippen MR) is 94.6 cm³/mol. The highest BCUT2D eigenvalue weighted by Gasteiger charge is 2.27. The normalized spacial score (nSPS) is 15.0. The number of carbonyl (C=O) groups is 1. The molecule has 1 aromatic rings. The molecule has 8 heteroatoms. The second kappa shape index (κ2) is 8.31. The summed E-state index contributed by atoms with van der Waals surface area (Å²) in [5.41, 5.74) is 2.72. The van der Waals surface area contributed by atoms with Gasteiger partial charge in [0.15, 0.2) is 0 Å². The summed E-state index contributed by atoms with van der Waals surface area (Å²) in [6.07, 6.45) is -2.09. The van der Waals surface area contributed by atoms with Crippen LogP contribution in [0.1, 0.15) is 36.0 Å². The summed E-state index contributed by atoms with van der Waals surface area (Å²) < 4.78 is 37.0. The third-order valence-corrected chi connectivity index (χ3v) is 4.31. The Morgan fingerprint density at radius 1 is 1.08 bits per heavy atom. The summed E-state index contributed by atoms with van der Waals surface area (Å²) in [6.45, 7) is 1.25. The molecule has 1 aliphatic rings. The molecule has 1 amide bonds. The van der Waals surface area contributed by atoms with Crippen molar-refractivity contribution in [3.63, 3.8) is 0 Å². The number of amides is 1. The van der Waals surface area contributed by atoms with Crippen molar-refractivity contribution in [2.45, 2.75) is 31.9 Å². The Kier molecular flexibility index (Phi) is 6.39. The molecule has 0 bridgehead atoms. The molecule has 0 saturated carbocycles. The lowest BCUT2D eigenvalue weighted by molar-refractivity contribution is -0.132. The van der Waals surface area contributed by atoms with E-state index in [0.29, 0.717) is 5.56 Å². The molecule has 25 heavy (non-hydrogen) atoms. The highest BCUT2D eigenvalue weighted by Crippen LogP contribution is 2.33. The van der Waals surface area contributed by atoms with Gasteiger partial charge < -0.3 is 20.9 Å². The van der Waals surface area contributed by atoms with E-state index in [4.69, 9.17) is 0 Å². The van der Waals surface area contributed by atoms with Crippen LogP contribution in [0.5, 0.6) is 0 Å². The first kappa shape index (κ1) is 19.2. The molecule has 0 atom stereocenters. The van der Waals surface area contributed by atoms with Gasteiger partial charge in [0.2, 0.25) is 0 Å². The van der Waals surface area contributed by atoms with Crippen molar-refractivity contribution in [2.24, 2.45) is 0 Å². The van der Waals surface area contributed by atoms with Crippen LogP contribution in [0.2, 0.25) is 0 Å². The molecule has 0 radical (unpaired) electrons. The fourth-order valence-electron chi connectivity index (χ4n) is 2.99. The number of carbonyl (C=O) groups excluding carboxylic acids is 1. The predicted octanol–water partition coefficient (Wildman–Crippen LogP) is 3.44. The standard InChI is InChI=1S/C17H25F3N4O/c1-21-13-10-12(16(25)23-7-6-17(18,19)20)15(11-14(13)22-2)24-8-4-3-5-9-24/h10-11,21-22H,3-9H2,1-2H3,(H,23,25). The molecule has 1 saturated heterocycles. The van der Waals surface area contributed by atoms with Crippen LogP contribution >= 0.6 is 0 Å². The van der Waals surface area contributed by atoms with Gasteiger partial charge in [-0.25, -0.2) is 0 Å². The lowest BCUT2D eigenvalue weighted by atomic mass is 10.0. The Bertz CT molecular complexity index is 598. The van der Waals surface area contributed by atoms with E-state index < -0.39 is 25.0 Å². The average molecular weight is 358 g/mol. The lowest BCUT2D eigenvalue weighted by Gasteiger charge is -2.31. The zero-order valence-corrected chi connectivity index (χ0v) is 14.6. The maximum absolute atomic E-state index is 12.5. The SMILES string of the molecule is CNc1cc(C(=O)NCCC(F)(F)F)c(N2CCCCC2)cc1NC. The van der Waals surface area contributed by atoms with E-state index in [1.807, 2.05) is 6.07 Å². The molecule has 0 spiro atoms. The first-order chi connectivity index (χ1) is 11.9. The van der Waals surface area contributed by atoms with Crippen molar-refractivity contribution in [1.82, 2.24) is 5.32 Å². The highest BCUT2D eigenvalue weighted by molar-refractivity contribution is 6.02. The van der Waals surface area contributed by atoms with E-state index in [-0.39, 0.29) is 0 Å². The van der Waals surface area contributed by atoms with Crippen LogP contribution in [-0.2, 0) is 0 Å². The van der Waals surface area contributed by atoms with E-state index >= 15 is 0 Å². The van der Waals surface area contributed by atoms with Gasteiger partial charge >= 0.3 is 6.18 Å². The molecule has 1 fully saturated rings. The summed E-state index contributed by atoms with van der Waals surface area (Å²) in [7, 11) is 3.53. The molecule has 140 valence electrons. The number of benzene rings is 1. The smallest absolute Gasteiger partial charge is 0.386 e. The summed E-state index contributed by atoms with van der Waals surface area (Å²) in [5, 5.41) is 8.49. The van der Waals surface area contributed by atoms with Crippen molar-refractivity contribution in [3.8, 4) is 0 Å². The number of nitrogens with one attached hydrogen (secondary N) is 3. The molecular weight excluding hydrogens is 333 g/mol. The van der Waals surface area contributed by atoms with Gasteiger partial charge in [-0.3, -0.25) is 4.79 Å². The first-order valence-corrected chi connectivity index (χ1v) is 8.49. The van der Waals surface area contributed by atoms with Crippen molar-refractivity contribution >= 4 is 23.0 Å². The van der Waals surface area contributed by atoms with Crippen LogP contribution in [0.25, 0.3) is 0 Å². The van der Waals surface area contributed by atoms with Crippen LogP contribution in [-0.4, -0.2) is 45.8 Å². The van der Waals surface area contributed by atoms with Crippen molar-refractivity contribution in [3.05, 3.63) is 17.7 Å². The van der Waals surface area contributed by atoms with Gasteiger partial charge in [-0.05, 0) is 31.4 Å². The number of alkyl halides is 3. The number of nitrogens with zero attached hydrogens (tertiary/aromatic N) is 1. The topological polar surface area (TPSA) is 56.4 Å². The zero-order valence-electron chi connectivity index (χ0n) is 14.6. The van der Waals surface area contributed by atoms with Crippen LogP contribution in [0.15, 0.2) is 12.1 Å². The molecule has 1 aromatic carbocycles. The van der Waals surface area contributed by atoms with Crippen molar-refractivity contribution in [2.75, 3.05) is 49.3 Å². The fourth-order valence-corrected chi connectivity index (χ4v) is 2.99. The third kappa shape index (κ3) is 5.17. The third-order valence-electron chi connectivity index (χ3n) is 4.31. The number of halogens is 3. The van der Waals surface area contributed by atoms with Crippen LogP contribution in [0, 0.1) is 0 Å². The number of anilines is 3. The Balaban J connectivity index is 2.27. The Labute approximate surface area is 146 Å². The number of hydrogen-bond donors (Lipinski definition) is 3. The molecule has 2 rings (SSSR count). The van der Waals surface area contributed by atoms with Gasteiger partial charge in [0.25, 0.3) is 5.91 Å². The number of hydrogen-bond acceptors (Lipinski definition) is 4. The maximum Gasteiger partial charge on any atom is 0.390 e. The lowest BCUT2D eigenvalue weighted by Crippen LogP contribution is -2.34. The highest BCUT2D eigenvalue weighted by atomic mass is 19.4. The van der Waals surface area contributed by atoms with Crippen molar-refractivity contribution < 1.29 is 18.0 Å². The molecular formula is C17H25F3N4O. The first-order valence-electron chi connectivity index (χ1n) is 8.49. The Morgan fingerprint density at radius 3 is 2.24 bits per heavy atom. The summed E-state index contributed by atoms with van der Waals surface area (Å²) in [4.78, 5) is 14.6. The zero-order chi connectivity index (χ0) is 18.4. The van der Waals surface area contributed by atoms with Crippen LogP contribution in [0.4, 0.5) is 30.2 Å². The molecule has 5 nitrogen and oxygen atoms in total. The van der Waals surface area contributed by atoms with Gasteiger partial charge in [0, 0.05) is 33.7 Å². The van der Waals surface area contributed by atoms with Crippen LogP contribution < -0.4 is 20.9 Å². The second-order valence-corrected chi connectivity index (χ2v) is 6.08. The molecule has 0 unspecified atom stereocenters. The molecule has 0 aliphatic carbocycles. The monoisotopic (exact) mass is 358 g/mol. The van der Waals surface area contributed by atoms with E-state index in [2.05, 4.69) is 20.9 Å². The largest absolute Gasteiger partial charge is 0.390 e. The number of piperidine rings is 1. The molecule has 0 aromatic heterocycles. The fraction of sp³-hybridized carbons (Fsp3) is 0.588. The summed E-state index contributed by atoms with van der Waals surface area (Å²) >= 11 is 0. The summed E-state index contributed by atoms with van der Waals surface area (Å²) in [6, 6.07) is 3.58. The average Bonchev–Trinajstić information content (AvgIpc) is 2.60. The van der Waals surface area contributed by atoms with E-state index in [1.54, 1.807) is 20.2 Å². The van der Waals surface area contributed by atoms with E-state index in [0.717, 1.165) is 49.4 Å². The van der Waals surface area contributed by atoms with Gasteiger partial charge in [0.05, 0.1) is 29.0 Å². The van der Waals surface area contributed by atoms with Gasteiger partial charge in [-0.15, -0.1) is 0 Å². The van der Waals surface area contributed by atoms with Gasteiger partial charge in [-0.2, -0.15) is 13.2 Å². The second-order valence-electron chi connectivity index (χ2n) is 6.08. The van der Waals surface area contributed by atoms with Crippen molar-refractivity contribution in [1.29, 1.82) is 0 Å². The van der Waals surface area contributed by atoms with Crippen LogP contribution in [0.3, 0.4) is 0 Å². The molecule has 1 aliphatic heterocycles. The minimum atomic E-state index is -4.28. The Morgan fingerprint density at radius 2 is 1.68 bits per heavy atom. The van der Waals surface area contributed by atoms with E-state index in [1.165, 1.54) is 0 Å². The minimum absolute atomic E-state index is 0.396. The van der Waals surface area contributed by atoms with Gasteiger partial charge in [-0.1, -0.05) is 0 Å². The maximum atomic E-state index is 12.5. The Hall–Kier alpha value is -2.12. The van der Waals surface area contributed by atoms with E-state index in [9.17, 15) is 18.0 Å².